The van der Waals surface area contributed by atoms with Gasteiger partial charge in [0.2, 0.25) is 5.91 Å². The SMILES string of the molecule is Cc1onc(-c2ccccc2)c1COc1ccc(C=CC(=O)NCC(=O)O)cc1. The topological polar surface area (TPSA) is 102 Å². The smallest absolute Gasteiger partial charge is 0.322 e. The van der Waals surface area contributed by atoms with E-state index in [-0.39, 0.29) is 0 Å². The van der Waals surface area contributed by atoms with Crippen LogP contribution in [0.5, 0.6) is 5.75 Å². The first-order chi connectivity index (χ1) is 14.0. The predicted octanol–water partition coefficient (Wildman–Crippen LogP) is 3.44. The summed E-state index contributed by atoms with van der Waals surface area (Å²) < 4.78 is 11.2. The minimum atomic E-state index is -1.09. The summed E-state index contributed by atoms with van der Waals surface area (Å²) in [6.07, 6.45) is 2.88. The van der Waals surface area contributed by atoms with E-state index in [9.17, 15) is 9.59 Å². The van der Waals surface area contributed by atoms with E-state index in [1.54, 1.807) is 30.3 Å². The van der Waals surface area contributed by atoms with Gasteiger partial charge in [0.25, 0.3) is 0 Å². The van der Waals surface area contributed by atoms with Crippen molar-refractivity contribution in [3.8, 4) is 17.0 Å². The molecule has 148 valence electrons. The largest absolute Gasteiger partial charge is 0.489 e. The summed E-state index contributed by atoms with van der Waals surface area (Å²) in [6.45, 7) is 1.75. The fourth-order valence-electron chi connectivity index (χ4n) is 2.61. The van der Waals surface area contributed by atoms with E-state index in [0.717, 1.165) is 22.4 Å². The van der Waals surface area contributed by atoms with Gasteiger partial charge in [-0.3, -0.25) is 9.59 Å². The average molecular weight is 392 g/mol. The highest BCUT2D eigenvalue weighted by Crippen LogP contribution is 2.26. The van der Waals surface area contributed by atoms with Crippen molar-refractivity contribution in [3.05, 3.63) is 77.6 Å². The lowest BCUT2D eigenvalue weighted by molar-refractivity contribution is -0.137. The van der Waals surface area contributed by atoms with Gasteiger partial charge in [-0.05, 0) is 30.7 Å². The van der Waals surface area contributed by atoms with Crippen molar-refractivity contribution in [1.29, 1.82) is 0 Å². The summed E-state index contributed by atoms with van der Waals surface area (Å²) in [5.41, 5.74) is 3.39. The number of amides is 1. The number of carbonyl (C=O) groups is 2. The van der Waals surface area contributed by atoms with E-state index in [1.165, 1.54) is 6.08 Å². The van der Waals surface area contributed by atoms with Gasteiger partial charge >= 0.3 is 5.97 Å². The number of rotatable bonds is 8. The van der Waals surface area contributed by atoms with Crippen molar-refractivity contribution in [3.63, 3.8) is 0 Å². The Morgan fingerprint density at radius 2 is 1.86 bits per heavy atom. The number of benzene rings is 2. The number of nitrogens with one attached hydrogen (secondary N) is 1. The fraction of sp³-hybridized carbons (Fsp3) is 0.136. The first kappa shape index (κ1) is 19.9. The molecule has 29 heavy (non-hydrogen) atoms. The number of carboxylic acid groups (broad SMARTS) is 1. The molecular formula is C22H20N2O5. The van der Waals surface area contributed by atoms with Crippen LogP contribution in [0.15, 0.2) is 65.2 Å². The molecule has 1 heterocycles. The molecule has 0 aliphatic rings. The zero-order valence-corrected chi connectivity index (χ0v) is 15.8. The van der Waals surface area contributed by atoms with Crippen molar-refractivity contribution in [2.45, 2.75) is 13.5 Å². The minimum Gasteiger partial charge on any atom is -0.489 e. The van der Waals surface area contributed by atoms with Gasteiger partial charge in [-0.2, -0.15) is 0 Å². The third kappa shape index (κ3) is 5.55. The third-order valence-electron chi connectivity index (χ3n) is 4.14. The molecule has 0 bridgehead atoms. The highest BCUT2D eigenvalue weighted by atomic mass is 16.5. The molecule has 0 fully saturated rings. The number of carboxylic acids is 1. The van der Waals surface area contributed by atoms with Gasteiger partial charge in [-0.1, -0.05) is 47.6 Å². The van der Waals surface area contributed by atoms with Crippen LogP contribution in [0.1, 0.15) is 16.9 Å². The molecule has 7 nitrogen and oxygen atoms in total. The first-order valence-corrected chi connectivity index (χ1v) is 8.94. The maximum absolute atomic E-state index is 11.5. The van der Waals surface area contributed by atoms with Crippen LogP contribution in [0.4, 0.5) is 0 Å². The lowest BCUT2D eigenvalue weighted by Crippen LogP contribution is -2.27. The highest BCUT2D eigenvalue weighted by Gasteiger charge is 2.15. The van der Waals surface area contributed by atoms with E-state index < -0.39 is 18.4 Å². The number of aromatic nitrogens is 1. The summed E-state index contributed by atoms with van der Waals surface area (Å²) in [5.74, 6) is -0.191. The number of hydrogen-bond donors (Lipinski definition) is 2. The lowest BCUT2D eigenvalue weighted by Gasteiger charge is -2.07. The number of aliphatic carboxylic acids is 1. The normalized spacial score (nSPS) is 10.8. The van der Waals surface area contributed by atoms with Gasteiger partial charge in [0.05, 0.1) is 5.56 Å². The molecule has 3 aromatic rings. The van der Waals surface area contributed by atoms with Gasteiger partial charge in [0.15, 0.2) is 0 Å². The quantitative estimate of drug-likeness (QED) is 0.570. The number of ether oxygens (including phenoxy) is 1. The van der Waals surface area contributed by atoms with Crippen molar-refractivity contribution < 1.29 is 24.0 Å². The second-order valence-corrected chi connectivity index (χ2v) is 6.23. The summed E-state index contributed by atoms with van der Waals surface area (Å²) >= 11 is 0. The molecule has 0 radical (unpaired) electrons. The maximum Gasteiger partial charge on any atom is 0.322 e. The molecule has 3 rings (SSSR count). The molecule has 1 aromatic heterocycles. The van der Waals surface area contributed by atoms with Gasteiger partial charge in [0.1, 0.15) is 30.4 Å². The van der Waals surface area contributed by atoms with Crippen LogP contribution in [-0.2, 0) is 16.2 Å². The molecule has 2 N–H and O–H groups in total. The monoisotopic (exact) mass is 392 g/mol. The second kappa shape index (κ2) is 9.36. The van der Waals surface area contributed by atoms with Gasteiger partial charge in [-0.25, -0.2) is 0 Å². The summed E-state index contributed by atoms with van der Waals surface area (Å²) in [5, 5.41) is 14.9. The molecule has 0 aliphatic heterocycles. The Hall–Kier alpha value is -3.87. The number of carbonyl (C=O) groups excluding carboxylic acids is 1. The first-order valence-electron chi connectivity index (χ1n) is 8.94. The van der Waals surface area contributed by atoms with Crippen molar-refractivity contribution in [1.82, 2.24) is 10.5 Å². The fourth-order valence-corrected chi connectivity index (χ4v) is 2.61. The molecule has 0 saturated carbocycles. The Bertz CT molecular complexity index is 1010. The van der Waals surface area contributed by atoms with Crippen molar-refractivity contribution in [2.24, 2.45) is 0 Å². The van der Waals surface area contributed by atoms with Crippen LogP contribution in [0, 0.1) is 6.92 Å². The number of nitrogens with zero attached hydrogens (tertiary/aromatic N) is 1. The van der Waals surface area contributed by atoms with Crippen LogP contribution < -0.4 is 10.1 Å². The summed E-state index contributed by atoms with van der Waals surface area (Å²) in [4.78, 5) is 21.9. The van der Waals surface area contributed by atoms with Crippen LogP contribution in [-0.4, -0.2) is 28.7 Å². The molecule has 0 unspecified atom stereocenters. The van der Waals surface area contributed by atoms with Gasteiger partial charge in [-0.15, -0.1) is 0 Å². The molecule has 0 atom stereocenters. The Labute approximate surface area is 167 Å². The minimum absolute atomic E-state index is 0.312. The average Bonchev–Trinajstić information content (AvgIpc) is 3.11. The summed E-state index contributed by atoms with van der Waals surface area (Å²) in [6, 6.07) is 16.9. The number of aryl methyl sites for hydroxylation is 1. The van der Waals surface area contributed by atoms with Crippen LogP contribution in [0.25, 0.3) is 17.3 Å². The van der Waals surface area contributed by atoms with E-state index in [4.69, 9.17) is 14.4 Å². The molecule has 2 aromatic carbocycles. The highest BCUT2D eigenvalue weighted by molar-refractivity contribution is 5.93. The number of hydrogen-bond acceptors (Lipinski definition) is 5. The Balaban J connectivity index is 1.61. The van der Waals surface area contributed by atoms with Gasteiger partial charge in [0, 0.05) is 11.6 Å². The van der Waals surface area contributed by atoms with E-state index in [2.05, 4.69) is 10.5 Å². The second-order valence-electron chi connectivity index (χ2n) is 6.23. The molecule has 0 spiro atoms. The zero-order valence-electron chi connectivity index (χ0n) is 15.8. The molecule has 1 amide bonds. The maximum atomic E-state index is 11.5. The predicted molar refractivity (Wildman–Crippen MR) is 107 cm³/mol. The van der Waals surface area contributed by atoms with E-state index in [0.29, 0.717) is 18.1 Å². The Kier molecular flexibility index (Phi) is 6.42. The zero-order chi connectivity index (χ0) is 20.6. The van der Waals surface area contributed by atoms with Gasteiger partial charge < -0.3 is 19.7 Å². The standard InChI is InChI=1S/C22H20N2O5/c1-15-19(22(24-29-15)17-5-3-2-4-6-17)14-28-18-10-7-16(8-11-18)9-12-20(25)23-13-21(26)27/h2-12H,13-14H2,1H3,(H,23,25)(H,26,27). The molecule has 0 saturated heterocycles. The molecule has 7 heteroatoms. The van der Waals surface area contributed by atoms with Crippen LogP contribution >= 0.6 is 0 Å². The summed E-state index contributed by atoms with van der Waals surface area (Å²) in [7, 11) is 0. The Morgan fingerprint density at radius 3 is 2.55 bits per heavy atom. The van der Waals surface area contributed by atoms with E-state index >= 15 is 0 Å². The van der Waals surface area contributed by atoms with Crippen molar-refractivity contribution >= 4 is 18.0 Å². The molecular weight excluding hydrogens is 372 g/mol. The Morgan fingerprint density at radius 1 is 1.14 bits per heavy atom. The van der Waals surface area contributed by atoms with Crippen molar-refractivity contribution in [2.75, 3.05) is 6.54 Å². The van der Waals surface area contributed by atoms with E-state index in [1.807, 2.05) is 37.3 Å². The molecule has 0 aliphatic carbocycles. The van der Waals surface area contributed by atoms with Crippen LogP contribution in [0.2, 0.25) is 0 Å². The van der Waals surface area contributed by atoms with Crippen LogP contribution in [0.3, 0.4) is 0 Å². The third-order valence-corrected chi connectivity index (χ3v) is 4.14. The lowest BCUT2D eigenvalue weighted by atomic mass is 10.1.